The number of rotatable bonds is 8. The van der Waals surface area contributed by atoms with Crippen LogP contribution in [0.15, 0.2) is 89.6 Å². The summed E-state index contributed by atoms with van der Waals surface area (Å²) in [5.74, 6) is -0.306. The molecule has 0 unspecified atom stereocenters. The van der Waals surface area contributed by atoms with Crippen molar-refractivity contribution in [1.82, 2.24) is 0 Å². The third-order valence-electron chi connectivity index (χ3n) is 5.81. The van der Waals surface area contributed by atoms with Gasteiger partial charge in [-0.2, -0.15) is 0 Å². The van der Waals surface area contributed by atoms with Gasteiger partial charge in [0, 0.05) is 11.8 Å². The number of carbonyl (C=O) groups is 3. The zero-order valence-corrected chi connectivity index (χ0v) is 21.7. The second kappa shape index (κ2) is 11.7. The fourth-order valence-corrected chi connectivity index (χ4v) is 4.15. The number of allylic oxidation sites excluding steroid dienone is 1. The third kappa shape index (κ3) is 5.71. The maximum atomic E-state index is 13.5. The van der Waals surface area contributed by atoms with Gasteiger partial charge in [-0.25, -0.2) is 4.79 Å². The third-order valence-corrected chi connectivity index (χ3v) is 6.14. The molecule has 0 radical (unpaired) electrons. The number of nitrogens with one attached hydrogen (secondary N) is 1. The van der Waals surface area contributed by atoms with Crippen LogP contribution < -0.4 is 19.7 Å². The van der Waals surface area contributed by atoms with Gasteiger partial charge >= 0.3 is 5.97 Å². The number of ether oxygens (including phenoxy) is 3. The Morgan fingerprint density at radius 3 is 2.39 bits per heavy atom. The van der Waals surface area contributed by atoms with Gasteiger partial charge in [-0.15, -0.1) is 0 Å². The van der Waals surface area contributed by atoms with Crippen LogP contribution in [0.1, 0.15) is 12.5 Å². The zero-order chi connectivity index (χ0) is 27.2. The molecule has 0 bridgehead atoms. The molecule has 1 aliphatic heterocycles. The lowest BCUT2D eigenvalue weighted by atomic mass is 10.0. The Balaban J connectivity index is 1.52. The van der Waals surface area contributed by atoms with Crippen LogP contribution in [-0.4, -0.2) is 38.6 Å². The normalized spacial score (nSPS) is 14.1. The number of esters is 1. The summed E-state index contributed by atoms with van der Waals surface area (Å²) >= 11 is 6.06. The Bertz CT molecular complexity index is 1450. The standard InChI is InChI=1S/C29H25ClN2O6/c1-18-27(29(35)37-3)23(28(34)32(18)20-7-6-8-22(16-20)36-2)15-19-11-13-21(14-12-19)38-17-26(33)31-25-10-5-4-9-24(25)30/h4-16H,17H2,1-3H3,(H,31,33)/b23-15-. The van der Waals surface area contributed by atoms with Crippen LogP contribution in [0.5, 0.6) is 11.5 Å². The van der Waals surface area contributed by atoms with E-state index < -0.39 is 5.97 Å². The number of methoxy groups -OCH3 is 2. The Morgan fingerprint density at radius 1 is 0.974 bits per heavy atom. The molecule has 1 heterocycles. The second-order valence-corrected chi connectivity index (χ2v) is 8.64. The number of carbonyl (C=O) groups excluding carboxylic acids is 3. The number of para-hydroxylation sites is 1. The molecule has 1 aliphatic rings. The average Bonchev–Trinajstić information content (AvgIpc) is 3.17. The highest BCUT2D eigenvalue weighted by atomic mass is 35.5. The summed E-state index contributed by atoms with van der Waals surface area (Å²) in [5, 5.41) is 3.12. The van der Waals surface area contributed by atoms with Gasteiger partial charge in [0.15, 0.2) is 6.61 Å². The maximum Gasteiger partial charge on any atom is 0.340 e. The van der Waals surface area contributed by atoms with Crippen molar-refractivity contribution >= 4 is 46.8 Å². The van der Waals surface area contributed by atoms with E-state index in [1.807, 2.05) is 0 Å². The molecule has 0 spiro atoms. The van der Waals surface area contributed by atoms with E-state index in [2.05, 4.69) is 5.32 Å². The van der Waals surface area contributed by atoms with Gasteiger partial charge in [0.05, 0.1) is 41.8 Å². The maximum absolute atomic E-state index is 13.5. The number of nitrogens with zero attached hydrogens (tertiary/aromatic N) is 1. The largest absolute Gasteiger partial charge is 0.497 e. The Labute approximate surface area is 225 Å². The Kier molecular flexibility index (Phi) is 8.13. The smallest absolute Gasteiger partial charge is 0.340 e. The van der Waals surface area contributed by atoms with E-state index in [-0.39, 0.29) is 29.6 Å². The van der Waals surface area contributed by atoms with Crippen LogP contribution in [0.4, 0.5) is 11.4 Å². The lowest BCUT2D eigenvalue weighted by Crippen LogP contribution is -2.24. The van der Waals surface area contributed by atoms with Crippen LogP contribution in [-0.2, 0) is 19.1 Å². The van der Waals surface area contributed by atoms with Gasteiger partial charge in [0.2, 0.25) is 0 Å². The van der Waals surface area contributed by atoms with Crippen LogP contribution in [0.3, 0.4) is 0 Å². The molecule has 0 atom stereocenters. The van der Waals surface area contributed by atoms with Gasteiger partial charge in [-0.1, -0.05) is 41.9 Å². The fourth-order valence-electron chi connectivity index (χ4n) is 3.97. The van der Waals surface area contributed by atoms with E-state index in [9.17, 15) is 14.4 Å². The highest BCUT2D eigenvalue weighted by molar-refractivity contribution is 6.33. The SMILES string of the molecule is COC(=O)C1=C(C)N(c2cccc(OC)c2)C(=O)/C1=C\c1ccc(OCC(=O)Nc2ccccc2Cl)cc1. The van der Waals surface area contributed by atoms with E-state index in [1.54, 1.807) is 85.8 Å². The number of amides is 2. The first-order chi connectivity index (χ1) is 18.3. The highest BCUT2D eigenvalue weighted by Crippen LogP contribution is 2.36. The molecular weight excluding hydrogens is 508 g/mol. The number of halogens is 1. The van der Waals surface area contributed by atoms with Crippen LogP contribution in [0.2, 0.25) is 5.02 Å². The van der Waals surface area contributed by atoms with Crippen molar-refractivity contribution in [1.29, 1.82) is 0 Å². The monoisotopic (exact) mass is 532 g/mol. The van der Waals surface area contributed by atoms with Crippen molar-refractivity contribution < 1.29 is 28.6 Å². The van der Waals surface area contributed by atoms with E-state index in [0.29, 0.717) is 39.2 Å². The van der Waals surface area contributed by atoms with E-state index >= 15 is 0 Å². The number of hydrogen-bond donors (Lipinski definition) is 1. The fraction of sp³-hybridized carbons (Fsp3) is 0.138. The van der Waals surface area contributed by atoms with Crippen molar-refractivity contribution in [2.24, 2.45) is 0 Å². The predicted octanol–water partition coefficient (Wildman–Crippen LogP) is 5.24. The molecule has 0 saturated carbocycles. The lowest BCUT2D eigenvalue weighted by Gasteiger charge is -2.18. The molecule has 194 valence electrons. The van der Waals surface area contributed by atoms with E-state index in [1.165, 1.54) is 19.1 Å². The minimum atomic E-state index is -0.614. The zero-order valence-electron chi connectivity index (χ0n) is 21.0. The molecule has 9 heteroatoms. The van der Waals surface area contributed by atoms with E-state index in [4.69, 9.17) is 25.8 Å². The predicted molar refractivity (Wildman–Crippen MR) is 145 cm³/mol. The number of hydrogen-bond acceptors (Lipinski definition) is 6. The van der Waals surface area contributed by atoms with E-state index in [0.717, 1.165) is 0 Å². The minimum Gasteiger partial charge on any atom is -0.497 e. The number of benzene rings is 3. The molecule has 0 aromatic heterocycles. The Morgan fingerprint density at radius 2 is 1.71 bits per heavy atom. The summed E-state index contributed by atoms with van der Waals surface area (Å²) in [5.41, 5.74) is 2.55. The highest BCUT2D eigenvalue weighted by Gasteiger charge is 2.38. The summed E-state index contributed by atoms with van der Waals surface area (Å²) in [6.07, 6.45) is 1.62. The van der Waals surface area contributed by atoms with Crippen molar-refractivity contribution in [2.45, 2.75) is 6.92 Å². The van der Waals surface area contributed by atoms with Crippen LogP contribution >= 0.6 is 11.6 Å². The van der Waals surface area contributed by atoms with Gasteiger partial charge in [-0.05, 0) is 55.0 Å². The molecule has 0 saturated heterocycles. The van der Waals surface area contributed by atoms with Crippen molar-refractivity contribution in [3.8, 4) is 11.5 Å². The minimum absolute atomic E-state index is 0.178. The lowest BCUT2D eigenvalue weighted by molar-refractivity contribution is -0.136. The molecule has 8 nitrogen and oxygen atoms in total. The van der Waals surface area contributed by atoms with Gasteiger partial charge in [0.25, 0.3) is 11.8 Å². The first kappa shape index (κ1) is 26.5. The van der Waals surface area contributed by atoms with Crippen molar-refractivity contribution in [2.75, 3.05) is 31.0 Å². The molecule has 2 amide bonds. The van der Waals surface area contributed by atoms with Crippen molar-refractivity contribution in [3.63, 3.8) is 0 Å². The summed E-state index contributed by atoms with van der Waals surface area (Å²) < 4.78 is 15.8. The molecule has 0 aliphatic carbocycles. The second-order valence-electron chi connectivity index (χ2n) is 8.24. The number of anilines is 2. The summed E-state index contributed by atoms with van der Waals surface area (Å²) in [6, 6.07) is 20.7. The molecular formula is C29H25ClN2O6. The van der Waals surface area contributed by atoms with Gasteiger partial charge in [-0.3, -0.25) is 14.5 Å². The first-order valence-corrected chi connectivity index (χ1v) is 12.0. The van der Waals surface area contributed by atoms with Gasteiger partial charge in [0.1, 0.15) is 11.5 Å². The first-order valence-electron chi connectivity index (χ1n) is 11.6. The summed E-state index contributed by atoms with van der Waals surface area (Å²) in [7, 11) is 2.81. The summed E-state index contributed by atoms with van der Waals surface area (Å²) in [6.45, 7) is 1.48. The topological polar surface area (TPSA) is 94.2 Å². The summed E-state index contributed by atoms with van der Waals surface area (Å²) in [4.78, 5) is 39.8. The molecule has 0 fully saturated rings. The molecule has 38 heavy (non-hydrogen) atoms. The van der Waals surface area contributed by atoms with Gasteiger partial charge < -0.3 is 19.5 Å². The van der Waals surface area contributed by atoms with Crippen LogP contribution in [0.25, 0.3) is 6.08 Å². The average molecular weight is 533 g/mol. The van der Waals surface area contributed by atoms with Crippen LogP contribution in [0, 0.1) is 0 Å². The van der Waals surface area contributed by atoms with Crippen molar-refractivity contribution in [3.05, 3.63) is 100 Å². The Hall–Kier alpha value is -4.56. The molecule has 4 rings (SSSR count). The molecule has 1 N–H and O–H groups in total. The quantitative estimate of drug-likeness (QED) is 0.315. The molecule has 3 aromatic rings. The molecule has 3 aromatic carbocycles.